The number of amides is 1. The van der Waals surface area contributed by atoms with Gasteiger partial charge in [0.15, 0.2) is 11.6 Å². The fourth-order valence-electron chi connectivity index (χ4n) is 3.88. The van der Waals surface area contributed by atoms with Crippen LogP contribution in [-0.4, -0.2) is 57.5 Å². The first-order valence-corrected chi connectivity index (χ1v) is 13.1. The van der Waals surface area contributed by atoms with Gasteiger partial charge in [-0.15, -0.1) is 11.3 Å². The third kappa shape index (κ3) is 6.60. The maximum Gasteiger partial charge on any atom is 0.348 e. The van der Waals surface area contributed by atoms with Gasteiger partial charge in [0.1, 0.15) is 14.9 Å². The number of methoxy groups -OCH3 is 1. The van der Waals surface area contributed by atoms with Crippen LogP contribution in [0.2, 0.25) is 0 Å². The third-order valence-electron chi connectivity index (χ3n) is 5.68. The minimum atomic E-state index is -3.87. The summed E-state index contributed by atoms with van der Waals surface area (Å²) in [6, 6.07) is 1.43. The number of halogens is 3. The molecule has 1 atom stereocenters. The van der Waals surface area contributed by atoms with Gasteiger partial charge in [0.25, 0.3) is 10.0 Å². The summed E-state index contributed by atoms with van der Waals surface area (Å²) in [6.45, 7) is 2.17. The highest BCUT2D eigenvalue weighted by Crippen LogP contribution is 2.28. The molecule has 192 valence electrons. The topological polar surface area (TPSA) is 119 Å². The number of hydrogen-bond acceptors (Lipinski definition) is 7. The van der Waals surface area contributed by atoms with E-state index in [2.05, 4.69) is 9.46 Å². The van der Waals surface area contributed by atoms with Crippen LogP contribution in [0.3, 0.4) is 0 Å². The summed E-state index contributed by atoms with van der Waals surface area (Å²) in [4.78, 5) is 26.0. The Balaban J connectivity index is 1.53. The van der Waals surface area contributed by atoms with Gasteiger partial charge in [0, 0.05) is 37.7 Å². The number of ether oxygens (including phenoxy) is 1. The summed E-state index contributed by atoms with van der Waals surface area (Å²) in [5.74, 6) is -4.33. The maximum absolute atomic E-state index is 13.8. The molecular formula is C22H26F3N3O5S2. The highest BCUT2D eigenvalue weighted by atomic mass is 32.2. The molecule has 0 spiro atoms. The van der Waals surface area contributed by atoms with E-state index in [0.717, 1.165) is 17.4 Å². The van der Waals surface area contributed by atoms with Crippen LogP contribution in [0.15, 0.2) is 22.4 Å². The molecular weight excluding hydrogens is 507 g/mol. The quantitative estimate of drug-likeness (QED) is 0.398. The van der Waals surface area contributed by atoms with Gasteiger partial charge in [0.05, 0.1) is 7.11 Å². The van der Waals surface area contributed by atoms with Crippen molar-refractivity contribution in [3.05, 3.63) is 51.7 Å². The summed E-state index contributed by atoms with van der Waals surface area (Å²) < 4.78 is 73.2. The number of hydrogen-bond donors (Lipinski definition) is 2. The number of thiophene rings is 1. The number of sulfonamides is 1. The zero-order valence-corrected chi connectivity index (χ0v) is 20.8. The van der Waals surface area contributed by atoms with Crippen molar-refractivity contribution >= 4 is 33.2 Å². The average molecular weight is 534 g/mol. The predicted molar refractivity (Wildman–Crippen MR) is 123 cm³/mol. The fourth-order valence-corrected chi connectivity index (χ4v) is 6.82. The van der Waals surface area contributed by atoms with Crippen molar-refractivity contribution in [3.63, 3.8) is 0 Å². The highest BCUT2D eigenvalue weighted by Gasteiger charge is 2.30. The molecule has 1 aliphatic rings. The second-order valence-corrected chi connectivity index (χ2v) is 11.3. The predicted octanol–water partition coefficient (Wildman–Crippen LogP) is 2.49. The van der Waals surface area contributed by atoms with Crippen LogP contribution in [0.4, 0.5) is 13.2 Å². The lowest BCUT2D eigenvalue weighted by atomic mass is 10.0. The van der Waals surface area contributed by atoms with Crippen LogP contribution in [-0.2, 0) is 26.0 Å². The molecule has 13 heteroatoms. The number of aryl methyl sites for hydroxylation is 1. The van der Waals surface area contributed by atoms with Crippen molar-refractivity contribution in [1.82, 2.24) is 9.62 Å². The first-order chi connectivity index (χ1) is 16.4. The summed E-state index contributed by atoms with van der Waals surface area (Å²) in [7, 11) is -2.65. The van der Waals surface area contributed by atoms with E-state index in [1.165, 1.54) is 18.1 Å². The Morgan fingerprint density at radius 2 is 1.80 bits per heavy atom. The summed E-state index contributed by atoms with van der Waals surface area (Å²) in [5.41, 5.74) is 6.26. The minimum Gasteiger partial charge on any atom is -0.465 e. The number of rotatable bonds is 8. The molecule has 1 aromatic heterocycles. The van der Waals surface area contributed by atoms with E-state index in [9.17, 15) is 31.2 Å². The Bertz CT molecular complexity index is 1210. The van der Waals surface area contributed by atoms with Crippen LogP contribution >= 0.6 is 11.3 Å². The van der Waals surface area contributed by atoms with Crippen LogP contribution < -0.4 is 10.5 Å². The number of carbonyl (C=O) groups is 2. The van der Waals surface area contributed by atoms with Gasteiger partial charge in [-0.2, -0.15) is 0 Å². The monoisotopic (exact) mass is 533 g/mol. The second-order valence-electron chi connectivity index (χ2n) is 8.38. The summed E-state index contributed by atoms with van der Waals surface area (Å²) in [6.07, 6.45) is 0.469. The van der Waals surface area contributed by atoms with Crippen molar-refractivity contribution in [1.29, 1.82) is 0 Å². The van der Waals surface area contributed by atoms with E-state index in [1.807, 2.05) is 0 Å². The number of nitrogens with zero attached hydrogens (tertiary/aromatic N) is 1. The Kier molecular flexibility index (Phi) is 8.57. The van der Waals surface area contributed by atoms with Crippen molar-refractivity contribution in [2.75, 3.05) is 20.2 Å². The summed E-state index contributed by atoms with van der Waals surface area (Å²) in [5, 5.41) is 0. The van der Waals surface area contributed by atoms with Crippen molar-refractivity contribution in [2.24, 2.45) is 5.73 Å². The van der Waals surface area contributed by atoms with E-state index >= 15 is 0 Å². The molecule has 2 aromatic rings. The number of likely N-dealkylation sites (tertiary alicyclic amines) is 1. The lowest BCUT2D eigenvalue weighted by molar-refractivity contribution is -0.132. The van der Waals surface area contributed by atoms with E-state index < -0.39 is 45.5 Å². The molecule has 35 heavy (non-hydrogen) atoms. The van der Waals surface area contributed by atoms with Gasteiger partial charge in [-0.3, -0.25) is 4.79 Å². The van der Waals surface area contributed by atoms with E-state index in [0.29, 0.717) is 24.5 Å². The number of esters is 1. The van der Waals surface area contributed by atoms with Gasteiger partial charge in [-0.1, -0.05) is 0 Å². The second kappa shape index (κ2) is 11.1. The lowest BCUT2D eigenvalue weighted by Crippen LogP contribution is -2.47. The lowest BCUT2D eigenvalue weighted by Gasteiger charge is -2.32. The van der Waals surface area contributed by atoms with Gasteiger partial charge in [0.2, 0.25) is 5.91 Å². The number of nitrogens with one attached hydrogen (secondary N) is 1. The highest BCUT2D eigenvalue weighted by molar-refractivity contribution is 7.91. The molecule has 8 nitrogen and oxygen atoms in total. The van der Waals surface area contributed by atoms with Gasteiger partial charge in [-0.05, 0) is 49.4 Å². The average Bonchev–Trinajstić information content (AvgIpc) is 3.19. The first kappa shape index (κ1) is 27.1. The van der Waals surface area contributed by atoms with Crippen LogP contribution in [0.25, 0.3) is 0 Å². The molecule has 0 unspecified atom stereocenters. The molecule has 0 radical (unpaired) electrons. The van der Waals surface area contributed by atoms with E-state index in [-0.39, 0.29) is 46.5 Å². The molecule has 1 amide bonds. The molecule has 0 aliphatic carbocycles. The van der Waals surface area contributed by atoms with Gasteiger partial charge >= 0.3 is 5.97 Å². The molecule has 1 aliphatic heterocycles. The number of carbonyl (C=O) groups excluding carboxylic acids is 2. The summed E-state index contributed by atoms with van der Waals surface area (Å²) >= 11 is 0.829. The molecule has 0 bridgehead atoms. The number of nitrogens with two attached hydrogens (primary N) is 1. The fraction of sp³-hybridized carbons (Fsp3) is 0.455. The van der Waals surface area contributed by atoms with Crippen molar-refractivity contribution < 1.29 is 35.9 Å². The number of benzene rings is 1. The molecule has 1 fully saturated rings. The van der Waals surface area contributed by atoms with E-state index in [4.69, 9.17) is 5.73 Å². The Labute approximate surface area is 205 Å². The third-order valence-corrected chi connectivity index (χ3v) is 9.05. The standard InChI is InChI=1S/C22H26F3N3O5S2/c1-12-7-19(21(30)33-2)34-22(12)35(31,32)27-15-3-5-28(6-4-15)20(29)10-14(26)8-13-9-17(24)18(25)11-16(13)23/h7,9,11,14-15,27H,3-6,8,10,26H2,1-2H3/t14-/m1/s1. The molecule has 3 N–H and O–H groups in total. The van der Waals surface area contributed by atoms with E-state index in [1.54, 1.807) is 6.92 Å². The Morgan fingerprint density at radius 3 is 2.43 bits per heavy atom. The molecule has 0 saturated carbocycles. The smallest absolute Gasteiger partial charge is 0.348 e. The number of piperidine rings is 1. The van der Waals surface area contributed by atoms with Gasteiger partial charge in [-0.25, -0.2) is 31.1 Å². The Hall–Kier alpha value is -2.48. The SMILES string of the molecule is COC(=O)c1cc(C)c(S(=O)(=O)NC2CCN(C(=O)C[C@H](N)Cc3cc(F)c(F)cc3F)CC2)s1. The molecule has 1 saturated heterocycles. The van der Waals surface area contributed by atoms with Crippen LogP contribution in [0.5, 0.6) is 0 Å². The van der Waals surface area contributed by atoms with Crippen molar-refractivity contribution in [2.45, 2.75) is 48.9 Å². The zero-order chi connectivity index (χ0) is 25.9. The molecule has 2 heterocycles. The minimum absolute atomic E-state index is 0.0341. The van der Waals surface area contributed by atoms with Gasteiger partial charge < -0.3 is 15.4 Å². The normalized spacial score (nSPS) is 15.8. The largest absolute Gasteiger partial charge is 0.465 e. The maximum atomic E-state index is 13.8. The molecule has 1 aromatic carbocycles. The van der Waals surface area contributed by atoms with Crippen molar-refractivity contribution in [3.8, 4) is 0 Å². The van der Waals surface area contributed by atoms with Crippen LogP contribution in [0.1, 0.15) is 40.1 Å². The Morgan fingerprint density at radius 1 is 1.17 bits per heavy atom. The van der Waals surface area contributed by atoms with Crippen LogP contribution in [0, 0.1) is 24.4 Å². The first-order valence-electron chi connectivity index (χ1n) is 10.8. The zero-order valence-electron chi connectivity index (χ0n) is 19.1. The molecule has 3 rings (SSSR count).